The number of nitrogens with one attached hydrogen (secondary N) is 1. The standard InChI is InChI=1S/C14H15N5O/c1-15-7-3-6-12-18-19-14(20-12)10-4-2-5-11-13(10)17-9-8-16-11/h2,4-5,8-9,15H,3,6-7H2,1H3. The van der Waals surface area contributed by atoms with Gasteiger partial charge in [0.25, 0.3) is 0 Å². The topological polar surface area (TPSA) is 76.7 Å². The molecular weight excluding hydrogens is 254 g/mol. The van der Waals surface area contributed by atoms with Crippen LogP contribution in [0.5, 0.6) is 0 Å². The van der Waals surface area contributed by atoms with Crippen molar-refractivity contribution in [2.24, 2.45) is 0 Å². The van der Waals surface area contributed by atoms with Crippen LogP contribution in [0.4, 0.5) is 0 Å². The van der Waals surface area contributed by atoms with Crippen molar-refractivity contribution in [1.29, 1.82) is 0 Å². The third-order valence-corrected chi connectivity index (χ3v) is 3.01. The molecule has 20 heavy (non-hydrogen) atoms. The van der Waals surface area contributed by atoms with Gasteiger partial charge in [-0.05, 0) is 32.1 Å². The molecule has 1 aromatic carbocycles. The van der Waals surface area contributed by atoms with Crippen molar-refractivity contribution in [2.45, 2.75) is 12.8 Å². The van der Waals surface area contributed by atoms with E-state index in [2.05, 4.69) is 25.5 Å². The first-order valence-corrected chi connectivity index (χ1v) is 6.55. The molecule has 0 spiro atoms. The Bertz CT molecular complexity index is 704. The fraction of sp³-hybridized carbons (Fsp3) is 0.286. The highest BCUT2D eigenvalue weighted by Crippen LogP contribution is 2.24. The summed E-state index contributed by atoms with van der Waals surface area (Å²) in [5.74, 6) is 1.15. The van der Waals surface area contributed by atoms with Gasteiger partial charge in [-0.3, -0.25) is 9.97 Å². The normalized spacial score (nSPS) is 11.1. The van der Waals surface area contributed by atoms with Crippen molar-refractivity contribution in [3.05, 3.63) is 36.5 Å². The monoisotopic (exact) mass is 269 g/mol. The molecule has 3 rings (SSSR count). The van der Waals surface area contributed by atoms with Crippen molar-refractivity contribution >= 4 is 11.0 Å². The number of hydrogen-bond acceptors (Lipinski definition) is 6. The molecule has 0 aliphatic heterocycles. The Balaban J connectivity index is 1.91. The number of nitrogens with zero attached hydrogens (tertiary/aromatic N) is 4. The summed E-state index contributed by atoms with van der Waals surface area (Å²) < 4.78 is 5.71. The van der Waals surface area contributed by atoms with Crippen LogP contribution >= 0.6 is 0 Å². The van der Waals surface area contributed by atoms with Gasteiger partial charge >= 0.3 is 0 Å². The molecule has 0 fully saturated rings. The summed E-state index contributed by atoms with van der Waals surface area (Å²) in [7, 11) is 1.92. The van der Waals surface area contributed by atoms with E-state index in [0.717, 1.165) is 36.0 Å². The fourth-order valence-corrected chi connectivity index (χ4v) is 2.05. The molecule has 102 valence electrons. The van der Waals surface area contributed by atoms with Crippen molar-refractivity contribution < 1.29 is 4.42 Å². The van der Waals surface area contributed by atoms with Gasteiger partial charge in [-0.2, -0.15) is 0 Å². The van der Waals surface area contributed by atoms with E-state index in [1.807, 2.05) is 25.2 Å². The average Bonchev–Trinajstić information content (AvgIpc) is 2.96. The van der Waals surface area contributed by atoms with Crippen molar-refractivity contribution in [2.75, 3.05) is 13.6 Å². The van der Waals surface area contributed by atoms with Gasteiger partial charge in [-0.15, -0.1) is 10.2 Å². The van der Waals surface area contributed by atoms with Crippen LogP contribution in [0, 0.1) is 0 Å². The first kappa shape index (κ1) is 12.7. The molecule has 0 amide bonds. The number of benzene rings is 1. The van der Waals surface area contributed by atoms with Gasteiger partial charge < -0.3 is 9.73 Å². The summed E-state index contributed by atoms with van der Waals surface area (Å²) in [5, 5.41) is 11.3. The largest absolute Gasteiger partial charge is 0.421 e. The van der Waals surface area contributed by atoms with Crippen LogP contribution in [-0.4, -0.2) is 33.8 Å². The minimum absolute atomic E-state index is 0.496. The van der Waals surface area contributed by atoms with Crippen molar-refractivity contribution in [1.82, 2.24) is 25.5 Å². The second-order valence-electron chi connectivity index (χ2n) is 4.44. The number of fused-ring (bicyclic) bond motifs is 1. The Kier molecular flexibility index (Phi) is 3.64. The van der Waals surface area contributed by atoms with E-state index in [1.54, 1.807) is 12.4 Å². The lowest BCUT2D eigenvalue weighted by molar-refractivity contribution is 0.495. The maximum Gasteiger partial charge on any atom is 0.249 e. The lowest BCUT2D eigenvalue weighted by Crippen LogP contribution is -2.08. The van der Waals surface area contributed by atoms with Crippen LogP contribution in [0.25, 0.3) is 22.5 Å². The first-order valence-electron chi connectivity index (χ1n) is 6.55. The van der Waals surface area contributed by atoms with Gasteiger partial charge in [0.1, 0.15) is 5.52 Å². The molecule has 0 unspecified atom stereocenters. The quantitative estimate of drug-likeness (QED) is 0.712. The van der Waals surface area contributed by atoms with Crippen LogP contribution in [0.3, 0.4) is 0 Å². The molecule has 6 nitrogen and oxygen atoms in total. The summed E-state index contributed by atoms with van der Waals surface area (Å²) in [6, 6.07) is 5.75. The summed E-state index contributed by atoms with van der Waals surface area (Å²) >= 11 is 0. The summed E-state index contributed by atoms with van der Waals surface area (Å²) in [5.41, 5.74) is 2.42. The second kappa shape index (κ2) is 5.75. The summed E-state index contributed by atoms with van der Waals surface area (Å²) in [4.78, 5) is 8.62. The second-order valence-corrected chi connectivity index (χ2v) is 4.44. The number of para-hydroxylation sites is 1. The lowest BCUT2D eigenvalue weighted by atomic mass is 10.2. The number of rotatable bonds is 5. The third kappa shape index (κ3) is 2.50. The molecule has 1 N–H and O–H groups in total. The Morgan fingerprint density at radius 1 is 1.15 bits per heavy atom. The van der Waals surface area contributed by atoms with E-state index in [-0.39, 0.29) is 0 Å². The van der Waals surface area contributed by atoms with Crippen LogP contribution < -0.4 is 5.32 Å². The number of aryl methyl sites for hydroxylation is 1. The highest BCUT2D eigenvalue weighted by molar-refractivity contribution is 5.88. The average molecular weight is 269 g/mol. The van der Waals surface area contributed by atoms with Gasteiger partial charge in [0.2, 0.25) is 11.8 Å². The zero-order valence-corrected chi connectivity index (χ0v) is 11.2. The molecule has 2 aromatic heterocycles. The Morgan fingerprint density at radius 2 is 2.05 bits per heavy atom. The molecule has 0 aliphatic rings. The Hall–Kier alpha value is -2.34. The minimum Gasteiger partial charge on any atom is -0.421 e. The molecule has 0 bridgehead atoms. The van der Waals surface area contributed by atoms with Gasteiger partial charge in [0, 0.05) is 18.8 Å². The van der Waals surface area contributed by atoms with Gasteiger partial charge in [0.15, 0.2) is 0 Å². The van der Waals surface area contributed by atoms with E-state index in [0.29, 0.717) is 11.8 Å². The van der Waals surface area contributed by atoms with Crippen LogP contribution in [0.2, 0.25) is 0 Å². The summed E-state index contributed by atoms with van der Waals surface area (Å²) in [6.45, 7) is 0.928. The SMILES string of the molecule is CNCCCc1nnc(-c2cccc3nccnc23)o1. The van der Waals surface area contributed by atoms with Gasteiger partial charge in [0.05, 0.1) is 11.1 Å². The Morgan fingerprint density at radius 3 is 2.95 bits per heavy atom. The van der Waals surface area contributed by atoms with E-state index < -0.39 is 0 Å². The fourth-order valence-electron chi connectivity index (χ4n) is 2.05. The van der Waals surface area contributed by atoms with E-state index in [9.17, 15) is 0 Å². The molecule has 0 atom stereocenters. The molecule has 3 aromatic rings. The molecular formula is C14H15N5O. The highest BCUT2D eigenvalue weighted by Gasteiger charge is 2.12. The lowest BCUT2D eigenvalue weighted by Gasteiger charge is -2.00. The zero-order valence-electron chi connectivity index (χ0n) is 11.2. The van der Waals surface area contributed by atoms with E-state index in [1.165, 1.54) is 0 Å². The predicted octanol–water partition coefficient (Wildman–Crippen LogP) is 1.83. The van der Waals surface area contributed by atoms with Crippen LogP contribution in [0.1, 0.15) is 12.3 Å². The van der Waals surface area contributed by atoms with E-state index in [4.69, 9.17) is 4.42 Å². The van der Waals surface area contributed by atoms with Crippen LogP contribution in [-0.2, 0) is 6.42 Å². The molecule has 2 heterocycles. The highest BCUT2D eigenvalue weighted by atomic mass is 16.4. The van der Waals surface area contributed by atoms with Gasteiger partial charge in [-0.1, -0.05) is 6.07 Å². The molecule has 0 saturated carbocycles. The van der Waals surface area contributed by atoms with Crippen molar-refractivity contribution in [3.8, 4) is 11.5 Å². The molecule has 0 radical (unpaired) electrons. The third-order valence-electron chi connectivity index (χ3n) is 3.01. The number of hydrogen-bond donors (Lipinski definition) is 1. The number of aromatic nitrogens is 4. The zero-order chi connectivity index (χ0) is 13.8. The maximum absolute atomic E-state index is 5.71. The van der Waals surface area contributed by atoms with Crippen molar-refractivity contribution in [3.63, 3.8) is 0 Å². The Labute approximate surface area is 116 Å². The summed E-state index contributed by atoms with van der Waals surface area (Å²) in [6.07, 6.45) is 5.07. The van der Waals surface area contributed by atoms with E-state index >= 15 is 0 Å². The predicted molar refractivity (Wildman–Crippen MR) is 75.1 cm³/mol. The maximum atomic E-state index is 5.71. The molecule has 0 saturated heterocycles. The van der Waals surface area contributed by atoms with Gasteiger partial charge in [-0.25, -0.2) is 0 Å². The minimum atomic E-state index is 0.496. The van der Waals surface area contributed by atoms with Crippen LogP contribution in [0.15, 0.2) is 35.0 Å². The molecule has 0 aliphatic carbocycles. The molecule has 6 heteroatoms. The first-order chi connectivity index (χ1) is 9.88. The smallest absolute Gasteiger partial charge is 0.249 e.